The Morgan fingerprint density at radius 1 is 0.880 bits per heavy atom. The van der Waals surface area contributed by atoms with Gasteiger partial charge in [-0.2, -0.15) is 0 Å². The van der Waals surface area contributed by atoms with Crippen LogP contribution in [-0.4, -0.2) is 20.4 Å². The molecule has 4 aromatic carbocycles. The standard InChI is InChI=1S/C20H15F3OSe/c1-2-17(24-25-20(21,22)23)15-10-8-14-7-6-12-4-3-5-13-9-11-16(15)19(14)18(12)13/h3-11,17H,2H2,1H3. The van der Waals surface area contributed by atoms with Gasteiger partial charge >= 0.3 is 149 Å². The molecule has 4 rings (SSSR count). The zero-order valence-corrected chi connectivity index (χ0v) is 15.1. The first kappa shape index (κ1) is 16.6. The summed E-state index contributed by atoms with van der Waals surface area (Å²) in [6.45, 7) is 1.86. The molecule has 25 heavy (non-hydrogen) atoms. The molecule has 1 atom stereocenters. The van der Waals surface area contributed by atoms with E-state index in [0.717, 1.165) is 37.9 Å². The average Bonchev–Trinajstić information content (AvgIpc) is 2.60. The van der Waals surface area contributed by atoms with Crippen molar-refractivity contribution in [3.63, 3.8) is 0 Å². The minimum atomic E-state index is -4.26. The molecule has 0 saturated carbocycles. The van der Waals surface area contributed by atoms with E-state index < -0.39 is 26.5 Å². The van der Waals surface area contributed by atoms with E-state index >= 15 is 0 Å². The summed E-state index contributed by atoms with van der Waals surface area (Å²) in [5.41, 5.74) is 0.833. The molecule has 0 N–H and O–H groups in total. The Bertz CT molecular complexity index is 1030. The molecule has 0 aliphatic heterocycles. The van der Waals surface area contributed by atoms with Crippen molar-refractivity contribution in [2.45, 2.75) is 24.5 Å². The molecule has 0 spiro atoms. The molecular formula is C20H15F3OSe. The Balaban J connectivity index is 1.92. The zero-order chi connectivity index (χ0) is 17.6. The molecule has 1 nitrogen and oxygen atoms in total. The van der Waals surface area contributed by atoms with Gasteiger partial charge in [-0.15, -0.1) is 0 Å². The van der Waals surface area contributed by atoms with E-state index in [2.05, 4.69) is 24.3 Å². The van der Waals surface area contributed by atoms with Crippen molar-refractivity contribution in [1.82, 2.24) is 0 Å². The summed E-state index contributed by atoms with van der Waals surface area (Å²) in [5, 5.41) is 2.36. The third-order valence-electron chi connectivity index (χ3n) is 4.54. The van der Waals surface area contributed by atoms with E-state index in [1.807, 2.05) is 37.3 Å². The molecule has 1 unspecified atom stereocenters. The van der Waals surface area contributed by atoms with E-state index in [1.54, 1.807) is 0 Å². The van der Waals surface area contributed by atoms with E-state index in [9.17, 15) is 13.2 Å². The first-order valence-corrected chi connectivity index (χ1v) is 9.61. The van der Waals surface area contributed by atoms with Crippen molar-refractivity contribution in [2.75, 3.05) is 0 Å². The van der Waals surface area contributed by atoms with Gasteiger partial charge in [-0.3, -0.25) is 0 Å². The summed E-state index contributed by atoms with van der Waals surface area (Å²) in [4.78, 5) is 0. The molecule has 5 heteroatoms. The van der Waals surface area contributed by atoms with Crippen LogP contribution in [-0.2, 0) is 3.82 Å². The quantitative estimate of drug-likeness (QED) is 0.290. The second-order valence-corrected chi connectivity index (χ2v) is 7.76. The van der Waals surface area contributed by atoms with Crippen LogP contribution in [0.3, 0.4) is 0 Å². The first-order valence-electron chi connectivity index (χ1n) is 8.05. The van der Waals surface area contributed by atoms with E-state index in [4.69, 9.17) is 3.82 Å². The monoisotopic (exact) mass is 408 g/mol. The first-order chi connectivity index (χ1) is 12.0. The second kappa shape index (κ2) is 6.17. The van der Waals surface area contributed by atoms with Gasteiger partial charge in [-0.1, -0.05) is 0 Å². The van der Waals surface area contributed by atoms with Crippen molar-refractivity contribution in [1.29, 1.82) is 0 Å². The Labute approximate surface area is 149 Å². The van der Waals surface area contributed by atoms with Crippen LogP contribution in [0.1, 0.15) is 25.0 Å². The summed E-state index contributed by atoms with van der Waals surface area (Å²) in [6, 6.07) is 18.2. The van der Waals surface area contributed by atoms with Crippen LogP contribution in [0.25, 0.3) is 32.3 Å². The molecule has 0 saturated heterocycles. The number of hydrogen-bond donors (Lipinski definition) is 0. The normalized spacial score (nSPS) is 13.9. The van der Waals surface area contributed by atoms with Crippen molar-refractivity contribution in [3.8, 4) is 0 Å². The maximum absolute atomic E-state index is 12.6. The summed E-state index contributed by atoms with van der Waals surface area (Å²) >= 11 is -1.84. The SMILES string of the molecule is CCC(O[Se]C(F)(F)F)c1ccc2ccc3cccc4ccc1c2c34. The Morgan fingerprint density at radius 3 is 2.12 bits per heavy atom. The van der Waals surface area contributed by atoms with Crippen LogP contribution in [0.4, 0.5) is 13.2 Å². The molecule has 0 amide bonds. The predicted octanol–water partition coefficient (Wildman–Crippen LogP) is 6.19. The summed E-state index contributed by atoms with van der Waals surface area (Å²) < 4.78 is 43.1. The molecule has 0 fully saturated rings. The predicted molar refractivity (Wildman–Crippen MR) is 96.1 cm³/mol. The zero-order valence-electron chi connectivity index (χ0n) is 13.4. The van der Waals surface area contributed by atoms with Crippen LogP contribution in [0.5, 0.6) is 0 Å². The van der Waals surface area contributed by atoms with E-state index in [-0.39, 0.29) is 0 Å². The number of halogens is 3. The van der Waals surface area contributed by atoms with Crippen molar-refractivity contribution < 1.29 is 17.0 Å². The number of alkyl halides is 3. The van der Waals surface area contributed by atoms with Gasteiger partial charge in [-0.25, -0.2) is 0 Å². The maximum atomic E-state index is 12.6. The fraction of sp³-hybridized carbons (Fsp3) is 0.200. The van der Waals surface area contributed by atoms with Gasteiger partial charge in [0.2, 0.25) is 0 Å². The third-order valence-corrected chi connectivity index (χ3v) is 5.62. The number of rotatable bonds is 4. The van der Waals surface area contributed by atoms with Crippen LogP contribution in [0, 0.1) is 0 Å². The molecule has 128 valence electrons. The summed E-state index contributed by atoms with van der Waals surface area (Å²) in [6.07, 6.45) is -0.0480. The van der Waals surface area contributed by atoms with Gasteiger partial charge in [0.25, 0.3) is 0 Å². The fourth-order valence-electron chi connectivity index (χ4n) is 3.49. The van der Waals surface area contributed by atoms with E-state index in [1.165, 1.54) is 0 Å². The van der Waals surface area contributed by atoms with Crippen LogP contribution >= 0.6 is 0 Å². The molecule has 0 aliphatic carbocycles. The Kier molecular flexibility index (Phi) is 4.11. The van der Waals surface area contributed by atoms with Gasteiger partial charge in [0.15, 0.2) is 0 Å². The molecule has 0 heterocycles. The van der Waals surface area contributed by atoms with E-state index in [0.29, 0.717) is 6.42 Å². The second-order valence-electron chi connectivity index (χ2n) is 6.03. The van der Waals surface area contributed by atoms with Crippen molar-refractivity contribution in [2.24, 2.45) is 0 Å². The fourth-order valence-corrected chi connectivity index (χ4v) is 4.47. The van der Waals surface area contributed by atoms with Crippen LogP contribution in [0.15, 0.2) is 54.6 Å². The van der Waals surface area contributed by atoms with Crippen LogP contribution < -0.4 is 0 Å². The minimum absolute atomic E-state index is 0.502. The summed E-state index contributed by atoms with van der Waals surface area (Å²) in [7, 11) is 0. The van der Waals surface area contributed by atoms with Gasteiger partial charge in [0.05, 0.1) is 0 Å². The van der Waals surface area contributed by atoms with Gasteiger partial charge in [-0.05, 0) is 0 Å². The van der Waals surface area contributed by atoms with Crippen LogP contribution in [0.2, 0.25) is 0 Å². The molecule has 0 aromatic heterocycles. The summed E-state index contributed by atoms with van der Waals surface area (Å²) in [5.74, 6) is 0. The molecule has 0 radical (unpaired) electrons. The third kappa shape index (κ3) is 2.97. The van der Waals surface area contributed by atoms with Crippen molar-refractivity contribution >= 4 is 47.6 Å². The van der Waals surface area contributed by atoms with Gasteiger partial charge < -0.3 is 0 Å². The van der Waals surface area contributed by atoms with Crippen molar-refractivity contribution in [3.05, 3.63) is 60.2 Å². The number of hydrogen-bond acceptors (Lipinski definition) is 1. The molecule has 4 aromatic rings. The topological polar surface area (TPSA) is 9.23 Å². The Hall–Kier alpha value is -1.81. The molecular weight excluding hydrogens is 392 g/mol. The van der Waals surface area contributed by atoms with Gasteiger partial charge in [0, 0.05) is 0 Å². The van der Waals surface area contributed by atoms with Gasteiger partial charge in [0.1, 0.15) is 0 Å². The molecule has 0 bridgehead atoms. The number of benzene rings is 4. The molecule has 0 aliphatic rings. The Morgan fingerprint density at radius 2 is 1.48 bits per heavy atom. The average molecular weight is 407 g/mol.